The van der Waals surface area contributed by atoms with E-state index in [1.54, 1.807) is 0 Å². The smallest absolute Gasteiger partial charge is 0.0992 e. The van der Waals surface area contributed by atoms with Gasteiger partial charge in [-0.25, -0.2) is 4.98 Å². The predicted octanol–water partition coefficient (Wildman–Crippen LogP) is 4.19. The molecular weight excluding hydrogens is 284 g/mol. The molecule has 3 heterocycles. The van der Waals surface area contributed by atoms with Crippen molar-refractivity contribution in [3.05, 3.63) is 59.8 Å². The van der Waals surface area contributed by atoms with Crippen molar-refractivity contribution in [3.63, 3.8) is 0 Å². The van der Waals surface area contributed by atoms with E-state index in [9.17, 15) is 0 Å². The van der Waals surface area contributed by atoms with E-state index in [2.05, 4.69) is 33.6 Å². The Bertz CT molecular complexity index is 781. The number of imidazole rings is 1. The van der Waals surface area contributed by atoms with Gasteiger partial charge >= 0.3 is 0 Å². The zero-order valence-electron chi connectivity index (χ0n) is 13.8. The maximum atomic E-state index is 9.12. The van der Waals surface area contributed by atoms with Crippen molar-refractivity contribution >= 4 is 5.69 Å². The van der Waals surface area contributed by atoms with Crippen LogP contribution in [0, 0.1) is 11.3 Å². The maximum absolute atomic E-state index is 9.12. The van der Waals surface area contributed by atoms with Crippen molar-refractivity contribution in [2.24, 2.45) is 0 Å². The highest BCUT2D eigenvalue weighted by atomic mass is 15.1. The number of rotatable bonds is 0. The molecule has 1 aromatic heterocycles. The van der Waals surface area contributed by atoms with E-state index in [1.165, 1.54) is 11.3 Å². The molecule has 2 aromatic rings. The summed E-state index contributed by atoms with van der Waals surface area (Å²) in [5, 5.41) is 12.5. The van der Waals surface area contributed by atoms with Crippen LogP contribution in [0.5, 0.6) is 0 Å². The summed E-state index contributed by atoms with van der Waals surface area (Å²) in [6.07, 6.45) is 7.02. The number of nitrogens with one attached hydrogen (secondary N) is 1. The molecule has 0 aliphatic carbocycles. The molecule has 0 fully saturated rings. The van der Waals surface area contributed by atoms with Crippen molar-refractivity contribution < 1.29 is 0 Å². The molecule has 118 valence electrons. The van der Waals surface area contributed by atoms with Gasteiger partial charge in [0.15, 0.2) is 0 Å². The number of hydrogen-bond donors (Lipinski definition) is 1. The van der Waals surface area contributed by atoms with Crippen LogP contribution in [0.3, 0.4) is 0 Å². The van der Waals surface area contributed by atoms with E-state index in [0.717, 1.165) is 37.2 Å². The van der Waals surface area contributed by atoms with Crippen molar-refractivity contribution in [2.75, 3.05) is 5.32 Å². The lowest BCUT2D eigenvalue weighted by Crippen LogP contribution is -2.38. The Hall–Kier alpha value is -2.54. The van der Waals surface area contributed by atoms with Gasteiger partial charge in [-0.3, -0.25) is 0 Å². The van der Waals surface area contributed by atoms with Gasteiger partial charge in [0.1, 0.15) is 0 Å². The lowest BCUT2D eigenvalue weighted by Gasteiger charge is -2.43. The summed E-state index contributed by atoms with van der Waals surface area (Å²) >= 11 is 0. The van der Waals surface area contributed by atoms with Gasteiger partial charge in [0.25, 0.3) is 0 Å². The third kappa shape index (κ3) is 2.33. The van der Waals surface area contributed by atoms with E-state index in [0.29, 0.717) is 5.56 Å². The molecule has 0 saturated heterocycles. The average Bonchev–Trinajstić information content (AvgIpc) is 3.06. The molecule has 4 heteroatoms. The Labute approximate surface area is 137 Å². The first kappa shape index (κ1) is 15.4. The number of aromatic nitrogens is 2. The number of nitrogens with zero attached hydrogens (tertiary/aromatic N) is 3. The Balaban J connectivity index is 0.000000753. The number of nitriles is 1. The lowest BCUT2D eigenvalue weighted by atomic mass is 9.67. The molecule has 4 rings (SSSR count). The summed E-state index contributed by atoms with van der Waals surface area (Å²) in [5.41, 5.74) is 5.17. The Morgan fingerprint density at radius 2 is 2.22 bits per heavy atom. The second kappa shape index (κ2) is 5.92. The molecule has 2 aliphatic rings. The number of allylic oxidation sites excluding steroid dienone is 1. The van der Waals surface area contributed by atoms with Gasteiger partial charge in [0.05, 0.1) is 18.0 Å². The van der Waals surface area contributed by atoms with Gasteiger partial charge in [-0.05, 0) is 30.5 Å². The van der Waals surface area contributed by atoms with Crippen molar-refractivity contribution in [2.45, 2.75) is 45.1 Å². The fourth-order valence-corrected chi connectivity index (χ4v) is 3.86. The summed E-state index contributed by atoms with van der Waals surface area (Å²) in [4.78, 5) is 4.35. The maximum Gasteiger partial charge on any atom is 0.0992 e. The minimum absolute atomic E-state index is 0.0552. The van der Waals surface area contributed by atoms with Crippen LogP contribution in [0.2, 0.25) is 0 Å². The zero-order valence-corrected chi connectivity index (χ0v) is 13.8. The van der Waals surface area contributed by atoms with Gasteiger partial charge in [-0.2, -0.15) is 5.26 Å². The van der Waals surface area contributed by atoms with Crippen LogP contribution >= 0.6 is 0 Å². The van der Waals surface area contributed by atoms with Gasteiger partial charge in [-0.1, -0.05) is 26.5 Å². The average molecular weight is 306 g/mol. The number of hydrogen-bond acceptors (Lipinski definition) is 3. The van der Waals surface area contributed by atoms with E-state index in [-0.39, 0.29) is 5.41 Å². The van der Waals surface area contributed by atoms with Crippen molar-refractivity contribution in [3.8, 4) is 6.07 Å². The Morgan fingerprint density at radius 1 is 1.39 bits per heavy atom. The molecule has 1 spiro atoms. The standard InChI is InChI=1S/C17H16N4.C2H6/c1-12-8-17(5-2-6-21-11-19-10-16(17)21)14-4-3-13(9-18)7-15(14)20-12;1-2/h3-4,7,10-11,20H,1-2,5-6,8H2;1-2H3. The molecule has 23 heavy (non-hydrogen) atoms. The van der Waals surface area contributed by atoms with Crippen LogP contribution in [-0.4, -0.2) is 9.55 Å². The lowest BCUT2D eigenvalue weighted by molar-refractivity contribution is 0.356. The molecule has 0 radical (unpaired) electrons. The zero-order chi connectivity index (χ0) is 16.4. The monoisotopic (exact) mass is 306 g/mol. The highest BCUT2D eigenvalue weighted by Gasteiger charge is 2.43. The SMILES string of the molecule is C=C1CC2(CCCn3cncc32)c2ccc(C#N)cc2N1.CC. The quantitative estimate of drug-likeness (QED) is 0.794. The third-order valence-electron chi connectivity index (χ3n) is 4.70. The molecular formula is C19H22N4. The Kier molecular flexibility index (Phi) is 3.96. The second-order valence-corrected chi connectivity index (χ2v) is 5.94. The van der Waals surface area contributed by atoms with Gasteiger partial charge in [0.2, 0.25) is 0 Å². The highest BCUT2D eigenvalue weighted by Crippen LogP contribution is 2.49. The van der Waals surface area contributed by atoms with E-state index >= 15 is 0 Å². The minimum Gasteiger partial charge on any atom is -0.359 e. The third-order valence-corrected chi connectivity index (χ3v) is 4.70. The highest BCUT2D eigenvalue weighted by molar-refractivity contribution is 5.66. The Morgan fingerprint density at radius 3 is 3.00 bits per heavy atom. The number of anilines is 1. The topological polar surface area (TPSA) is 53.6 Å². The van der Waals surface area contributed by atoms with Crippen LogP contribution in [0.1, 0.15) is 49.9 Å². The van der Waals surface area contributed by atoms with Crippen LogP contribution in [-0.2, 0) is 12.0 Å². The van der Waals surface area contributed by atoms with Crippen LogP contribution in [0.15, 0.2) is 43.0 Å². The van der Waals surface area contributed by atoms with Crippen molar-refractivity contribution in [1.82, 2.24) is 9.55 Å². The van der Waals surface area contributed by atoms with Gasteiger partial charge in [-0.15, -0.1) is 0 Å². The van der Waals surface area contributed by atoms with Gasteiger partial charge < -0.3 is 9.88 Å². The summed E-state index contributed by atoms with van der Waals surface area (Å²) in [5.74, 6) is 0. The first-order valence-corrected chi connectivity index (χ1v) is 8.23. The second-order valence-electron chi connectivity index (χ2n) is 5.94. The molecule has 1 N–H and O–H groups in total. The molecule has 1 unspecified atom stereocenters. The minimum atomic E-state index is -0.0552. The summed E-state index contributed by atoms with van der Waals surface area (Å²) < 4.78 is 2.25. The molecule has 0 amide bonds. The summed E-state index contributed by atoms with van der Waals surface area (Å²) in [6.45, 7) is 9.18. The molecule has 0 saturated carbocycles. The van der Waals surface area contributed by atoms with Gasteiger partial charge in [0, 0.05) is 41.7 Å². The van der Waals surface area contributed by atoms with E-state index < -0.39 is 0 Å². The fourth-order valence-electron chi connectivity index (χ4n) is 3.86. The molecule has 2 aliphatic heterocycles. The number of aryl methyl sites for hydroxylation is 1. The summed E-state index contributed by atoms with van der Waals surface area (Å²) in [6, 6.07) is 8.14. The van der Waals surface area contributed by atoms with Crippen LogP contribution in [0.25, 0.3) is 0 Å². The first-order valence-electron chi connectivity index (χ1n) is 8.23. The predicted molar refractivity (Wildman–Crippen MR) is 92.1 cm³/mol. The normalized spacial score (nSPS) is 21.3. The van der Waals surface area contributed by atoms with Crippen LogP contribution < -0.4 is 5.32 Å². The molecule has 4 nitrogen and oxygen atoms in total. The molecule has 1 atom stereocenters. The number of fused-ring (bicyclic) bond motifs is 4. The molecule has 1 aromatic carbocycles. The summed E-state index contributed by atoms with van der Waals surface area (Å²) in [7, 11) is 0. The van der Waals surface area contributed by atoms with Crippen molar-refractivity contribution in [1.29, 1.82) is 5.26 Å². The fraction of sp³-hybridized carbons (Fsp3) is 0.368. The first-order chi connectivity index (χ1) is 11.2. The number of benzene rings is 1. The van der Waals surface area contributed by atoms with Crippen LogP contribution in [0.4, 0.5) is 5.69 Å². The largest absolute Gasteiger partial charge is 0.359 e. The van der Waals surface area contributed by atoms with E-state index in [1.807, 2.05) is 38.5 Å². The molecule has 0 bridgehead atoms. The van der Waals surface area contributed by atoms with E-state index in [4.69, 9.17) is 5.26 Å².